The van der Waals surface area contributed by atoms with E-state index >= 15 is 0 Å². The topological polar surface area (TPSA) is 41.5 Å². The van der Waals surface area contributed by atoms with Crippen LogP contribution in [0.1, 0.15) is 25.5 Å². The third-order valence-electron chi connectivity index (χ3n) is 4.04. The molecule has 120 valence electrons. The molecule has 2 heterocycles. The number of thiophene rings is 1. The number of aliphatic hydroxyl groups excluding tert-OH is 1. The Morgan fingerprint density at radius 3 is 2.95 bits per heavy atom. The summed E-state index contributed by atoms with van der Waals surface area (Å²) in [5, 5.41) is 15.3. The van der Waals surface area contributed by atoms with E-state index < -0.39 is 11.7 Å². The van der Waals surface area contributed by atoms with Gasteiger partial charge in [0.15, 0.2) is 0 Å². The summed E-state index contributed by atoms with van der Waals surface area (Å²) in [5.74, 6) is 1.86. The average molecular weight is 358 g/mol. The summed E-state index contributed by atoms with van der Waals surface area (Å²) in [6.07, 6.45) is 1.48. The van der Waals surface area contributed by atoms with Crippen molar-refractivity contribution in [3.05, 3.63) is 28.1 Å². The molecule has 2 aromatic rings. The van der Waals surface area contributed by atoms with E-state index in [4.69, 9.17) is 16.3 Å². The second-order valence-corrected chi connectivity index (χ2v) is 8.70. The summed E-state index contributed by atoms with van der Waals surface area (Å²) in [5.41, 5.74) is 0.369. The Labute approximate surface area is 144 Å². The number of rotatable bonds is 4. The van der Waals surface area contributed by atoms with Crippen LogP contribution in [0.5, 0.6) is 5.75 Å². The van der Waals surface area contributed by atoms with Gasteiger partial charge in [0.2, 0.25) is 0 Å². The van der Waals surface area contributed by atoms with E-state index in [1.54, 1.807) is 11.8 Å². The molecule has 0 saturated heterocycles. The average Bonchev–Trinajstić information content (AvgIpc) is 2.84. The van der Waals surface area contributed by atoms with Crippen molar-refractivity contribution in [1.82, 2.24) is 5.32 Å². The molecule has 0 fully saturated rings. The zero-order valence-electron chi connectivity index (χ0n) is 12.9. The molecule has 0 bridgehead atoms. The number of halogens is 1. The van der Waals surface area contributed by atoms with E-state index in [9.17, 15) is 5.11 Å². The number of nitrogens with one attached hydrogen (secondary N) is 1. The van der Waals surface area contributed by atoms with Gasteiger partial charge in [0.25, 0.3) is 0 Å². The van der Waals surface area contributed by atoms with Gasteiger partial charge in [0.1, 0.15) is 17.5 Å². The SMILES string of the molecule is CSCCNC1c2ccc3cc(Cl)sc3c2OC(C)(C)C1O. The van der Waals surface area contributed by atoms with E-state index in [0.717, 1.165) is 38.0 Å². The van der Waals surface area contributed by atoms with Crippen molar-refractivity contribution in [3.8, 4) is 5.75 Å². The van der Waals surface area contributed by atoms with Crippen LogP contribution in [0.15, 0.2) is 18.2 Å². The van der Waals surface area contributed by atoms with Gasteiger partial charge in [-0.05, 0) is 31.6 Å². The summed E-state index contributed by atoms with van der Waals surface area (Å²) in [6.45, 7) is 4.71. The lowest BCUT2D eigenvalue weighted by atomic mass is 9.86. The number of ether oxygens (including phenoxy) is 1. The lowest BCUT2D eigenvalue weighted by Gasteiger charge is -2.42. The van der Waals surface area contributed by atoms with E-state index in [1.807, 2.05) is 32.0 Å². The summed E-state index contributed by atoms with van der Waals surface area (Å²) in [7, 11) is 0. The van der Waals surface area contributed by atoms with E-state index in [2.05, 4.69) is 11.6 Å². The lowest BCUT2D eigenvalue weighted by Crippen LogP contribution is -2.52. The Hall–Kier alpha value is -0.460. The van der Waals surface area contributed by atoms with Crippen LogP contribution in [0.25, 0.3) is 10.1 Å². The minimum atomic E-state index is -0.644. The molecule has 2 atom stereocenters. The molecule has 3 nitrogen and oxygen atoms in total. The summed E-state index contributed by atoms with van der Waals surface area (Å²) >= 11 is 9.47. The predicted octanol–water partition coefficient (Wildman–Crippen LogP) is 4.08. The summed E-state index contributed by atoms with van der Waals surface area (Å²) in [6, 6.07) is 5.92. The van der Waals surface area contributed by atoms with Crippen molar-refractivity contribution in [2.45, 2.75) is 31.6 Å². The highest BCUT2D eigenvalue weighted by molar-refractivity contribution is 7.98. The van der Waals surface area contributed by atoms with Crippen LogP contribution in [0.3, 0.4) is 0 Å². The van der Waals surface area contributed by atoms with Crippen LogP contribution in [0, 0.1) is 0 Å². The van der Waals surface area contributed by atoms with E-state index in [0.29, 0.717) is 0 Å². The molecule has 22 heavy (non-hydrogen) atoms. The van der Waals surface area contributed by atoms with Crippen molar-refractivity contribution in [1.29, 1.82) is 0 Å². The molecule has 1 aromatic heterocycles. The molecule has 0 saturated carbocycles. The first kappa shape index (κ1) is 16.4. The number of aliphatic hydroxyl groups is 1. The van der Waals surface area contributed by atoms with Gasteiger partial charge in [-0.2, -0.15) is 11.8 Å². The van der Waals surface area contributed by atoms with Crippen molar-refractivity contribution in [3.63, 3.8) is 0 Å². The van der Waals surface area contributed by atoms with Crippen LogP contribution in [-0.2, 0) is 0 Å². The number of hydrogen-bond donors (Lipinski definition) is 2. The third kappa shape index (κ3) is 2.85. The molecule has 0 spiro atoms. The summed E-state index contributed by atoms with van der Waals surface area (Å²) in [4.78, 5) is 0. The van der Waals surface area contributed by atoms with Gasteiger partial charge in [0.05, 0.1) is 15.1 Å². The Morgan fingerprint density at radius 2 is 2.23 bits per heavy atom. The third-order valence-corrected chi connectivity index (χ3v) is 5.93. The molecule has 0 amide bonds. The van der Waals surface area contributed by atoms with E-state index in [-0.39, 0.29) is 6.04 Å². The maximum atomic E-state index is 10.7. The first-order valence-electron chi connectivity index (χ1n) is 7.25. The molecule has 0 aliphatic carbocycles. The van der Waals surface area contributed by atoms with Crippen molar-refractivity contribution < 1.29 is 9.84 Å². The molecule has 6 heteroatoms. The fraction of sp³-hybridized carbons (Fsp3) is 0.500. The highest BCUT2D eigenvalue weighted by atomic mass is 35.5. The second kappa shape index (κ2) is 6.21. The first-order valence-corrected chi connectivity index (χ1v) is 9.84. The molecule has 1 aromatic carbocycles. The maximum Gasteiger partial charge on any atom is 0.142 e. The fourth-order valence-corrected chi connectivity index (χ4v) is 4.39. The quantitative estimate of drug-likeness (QED) is 0.809. The molecule has 0 radical (unpaired) electrons. The number of hydrogen-bond acceptors (Lipinski definition) is 5. The normalized spacial score (nSPS) is 23.3. The highest BCUT2D eigenvalue weighted by Gasteiger charge is 2.43. The monoisotopic (exact) mass is 357 g/mol. The van der Waals surface area contributed by atoms with Crippen LogP contribution >= 0.6 is 34.7 Å². The van der Waals surface area contributed by atoms with Crippen LogP contribution in [0.2, 0.25) is 4.34 Å². The molecular formula is C16H20ClNO2S2. The Bertz CT molecular complexity index is 686. The van der Waals surface area contributed by atoms with Crippen molar-refractivity contribution in [2.24, 2.45) is 0 Å². The fourth-order valence-electron chi connectivity index (χ4n) is 2.84. The van der Waals surface area contributed by atoms with Gasteiger partial charge < -0.3 is 15.2 Å². The lowest BCUT2D eigenvalue weighted by molar-refractivity contribution is -0.0630. The number of benzene rings is 1. The zero-order chi connectivity index (χ0) is 15.9. The van der Waals surface area contributed by atoms with Gasteiger partial charge in [-0.15, -0.1) is 11.3 Å². The van der Waals surface area contributed by atoms with Crippen molar-refractivity contribution >= 4 is 44.8 Å². The molecule has 3 rings (SSSR count). The Morgan fingerprint density at radius 1 is 1.45 bits per heavy atom. The molecule has 1 aliphatic rings. The number of fused-ring (bicyclic) bond motifs is 3. The smallest absolute Gasteiger partial charge is 0.142 e. The van der Waals surface area contributed by atoms with Gasteiger partial charge in [-0.1, -0.05) is 23.7 Å². The maximum absolute atomic E-state index is 10.7. The minimum Gasteiger partial charge on any atom is -0.483 e. The number of thioether (sulfide) groups is 1. The molecule has 2 N–H and O–H groups in total. The first-order chi connectivity index (χ1) is 10.4. The van der Waals surface area contributed by atoms with Crippen LogP contribution in [-0.4, -0.2) is 35.4 Å². The van der Waals surface area contributed by atoms with Crippen LogP contribution in [0.4, 0.5) is 0 Å². The van der Waals surface area contributed by atoms with Gasteiger partial charge in [-0.3, -0.25) is 0 Å². The zero-order valence-corrected chi connectivity index (χ0v) is 15.2. The highest BCUT2D eigenvalue weighted by Crippen LogP contribution is 2.46. The van der Waals surface area contributed by atoms with Crippen molar-refractivity contribution in [2.75, 3.05) is 18.6 Å². The largest absolute Gasteiger partial charge is 0.483 e. The predicted molar refractivity (Wildman–Crippen MR) is 96.7 cm³/mol. The minimum absolute atomic E-state index is 0.129. The van der Waals surface area contributed by atoms with Crippen LogP contribution < -0.4 is 10.1 Å². The molecule has 2 unspecified atom stereocenters. The molecular weight excluding hydrogens is 338 g/mol. The molecule has 1 aliphatic heterocycles. The Kier molecular flexibility index (Phi) is 4.63. The van der Waals surface area contributed by atoms with Gasteiger partial charge >= 0.3 is 0 Å². The summed E-state index contributed by atoms with van der Waals surface area (Å²) < 4.78 is 7.96. The Balaban J connectivity index is 2.07. The standard InChI is InChI=1S/C16H20ClNO2S2/c1-16(2)15(19)12(18-6-7-21-3)10-5-4-9-8-11(17)22-14(9)13(10)20-16/h4-5,8,12,15,18-19H,6-7H2,1-3H3. The van der Waals surface area contributed by atoms with E-state index in [1.165, 1.54) is 11.3 Å². The van der Waals surface area contributed by atoms with Gasteiger partial charge in [0, 0.05) is 17.9 Å². The van der Waals surface area contributed by atoms with Gasteiger partial charge in [-0.25, -0.2) is 0 Å². The second-order valence-electron chi connectivity index (χ2n) is 6.03.